The topological polar surface area (TPSA) is 54.1 Å². The standard InChI is InChI=1S/C13H16N2O2/c1-2-17-11-3-4-12-10(5-6-14-9-16)8-15-13(12)7-11/h3-4,7-9,15H,2,5-6H2,1H3,(H,14,16). The van der Waals surface area contributed by atoms with Crippen LogP contribution in [0.1, 0.15) is 12.5 Å². The zero-order valence-electron chi connectivity index (χ0n) is 9.82. The Bertz CT molecular complexity index is 505. The lowest BCUT2D eigenvalue weighted by Gasteiger charge is -2.03. The number of hydrogen-bond donors (Lipinski definition) is 2. The average molecular weight is 232 g/mol. The van der Waals surface area contributed by atoms with Gasteiger partial charge in [-0.15, -0.1) is 0 Å². The summed E-state index contributed by atoms with van der Waals surface area (Å²) in [4.78, 5) is 13.4. The summed E-state index contributed by atoms with van der Waals surface area (Å²) in [5.74, 6) is 0.874. The zero-order chi connectivity index (χ0) is 12.1. The van der Waals surface area contributed by atoms with Gasteiger partial charge in [-0.25, -0.2) is 0 Å². The van der Waals surface area contributed by atoms with Crippen LogP contribution in [-0.4, -0.2) is 24.5 Å². The van der Waals surface area contributed by atoms with E-state index in [2.05, 4.69) is 10.3 Å². The first-order valence-electron chi connectivity index (χ1n) is 5.75. The second-order valence-electron chi connectivity index (χ2n) is 3.78. The van der Waals surface area contributed by atoms with E-state index in [0.29, 0.717) is 13.2 Å². The van der Waals surface area contributed by atoms with E-state index in [9.17, 15) is 4.79 Å². The molecule has 4 nitrogen and oxygen atoms in total. The van der Waals surface area contributed by atoms with Crippen molar-refractivity contribution in [1.29, 1.82) is 0 Å². The summed E-state index contributed by atoms with van der Waals surface area (Å²) in [7, 11) is 0. The second-order valence-corrected chi connectivity index (χ2v) is 3.78. The lowest BCUT2D eigenvalue weighted by Crippen LogP contribution is -2.14. The molecule has 0 aliphatic carbocycles. The normalized spacial score (nSPS) is 10.4. The largest absolute Gasteiger partial charge is 0.494 e. The maximum Gasteiger partial charge on any atom is 0.207 e. The van der Waals surface area contributed by atoms with Gasteiger partial charge < -0.3 is 15.0 Å². The summed E-state index contributed by atoms with van der Waals surface area (Å²) in [5.41, 5.74) is 2.27. The number of amides is 1. The molecule has 0 spiro atoms. The Morgan fingerprint density at radius 2 is 2.35 bits per heavy atom. The van der Waals surface area contributed by atoms with E-state index in [1.165, 1.54) is 10.9 Å². The van der Waals surface area contributed by atoms with Gasteiger partial charge in [0.2, 0.25) is 6.41 Å². The molecule has 1 amide bonds. The van der Waals surface area contributed by atoms with Crippen molar-refractivity contribution in [2.45, 2.75) is 13.3 Å². The Morgan fingerprint density at radius 3 is 3.12 bits per heavy atom. The number of carbonyl (C=O) groups is 1. The first-order chi connectivity index (χ1) is 8.35. The van der Waals surface area contributed by atoms with Crippen LogP contribution in [0.15, 0.2) is 24.4 Å². The molecule has 0 unspecified atom stereocenters. The molecule has 17 heavy (non-hydrogen) atoms. The van der Waals surface area contributed by atoms with Gasteiger partial charge in [0.25, 0.3) is 0 Å². The van der Waals surface area contributed by atoms with Crippen LogP contribution in [0.25, 0.3) is 10.9 Å². The summed E-state index contributed by atoms with van der Waals surface area (Å²) in [6.07, 6.45) is 3.53. The van der Waals surface area contributed by atoms with Crippen molar-refractivity contribution >= 4 is 17.3 Å². The van der Waals surface area contributed by atoms with E-state index < -0.39 is 0 Å². The Hall–Kier alpha value is -1.97. The summed E-state index contributed by atoms with van der Waals surface area (Å²) in [6.45, 7) is 3.29. The van der Waals surface area contributed by atoms with Gasteiger partial charge in [0.1, 0.15) is 5.75 Å². The summed E-state index contributed by atoms with van der Waals surface area (Å²) in [6, 6.07) is 6.01. The highest BCUT2D eigenvalue weighted by Crippen LogP contribution is 2.23. The minimum absolute atomic E-state index is 0.656. The van der Waals surface area contributed by atoms with Gasteiger partial charge in [-0.1, -0.05) is 0 Å². The number of aromatic nitrogens is 1. The van der Waals surface area contributed by atoms with E-state index >= 15 is 0 Å². The Kier molecular flexibility index (Phi) is 3.65. The van der Waals surface area contributed by atoms with E-state index in [1.54, 1.807) is 0 Å². The molecule has 0 aliphatic heterocycles. The summed E-state index contributed by atoms with van der Waals surface area (Å²) >= 11 is 0. The third kappa shape index (κ3) is 2.58. The molecule has 2 N–H and O–H groups in total. The van der Waals surface area contributed by atoms with Crippen molar-refractivity contribution in [2.24, 2.45) is 0 Å². The molecule has 0 fully saturated rings. The van der Waals surface area contributed by atoms with Crippen LogP contribution < -0.4 is 10.1 Å². The molecular weight excluding hydrogens is 216 g/mol. The number of nitrogens with one attached hydrogen (secondary N) is 2. The van der Waals surface area contributed by atoms with E-state index in [-0.39, 0.29) is 0 Å². The highest BCUT2D eigenvalue weighted by molar-refractivity contribution is 5.84. The fraction of sp³-hybridized carbons (Fsp3) is 0.308. The third-order valence-corrected chi connectivity index (χ3v) is 2.67. The minimum atomic E-state index is 0.656. The molecular formula is C13H16N2O2. The molecule has 0 aliphatic rings. The molecule has 0 radical (unpaired) electrons. The molecule has 2 aromatic rings. The Balaban J connectivity index is 2.19. The number of benzene rings is 1. The molecule has 90 valence electrons. The van der Waals surface area contributed by atoms with Crippen molar-refractivity contribution in [3.05, 3.63) is 30.0 Å². The molecule has 1 aromatic heterocycles. The highest BCUT2D eigenvalue weighted by atomic mass is 16.5. The van der Waals surface area contributed by atoms with Crippen LogP contribution in [0, 0.1) is 0 Å². The van der Waals surface area contributed by atoms with Gasteiger partial charge in [-0.05, 0) is 31.0 Å². The maximum atomic E-state index is 10.2. The minimum Gasteiger partial charge on any atom is -0.494 e. The molecule has 0 bridgehead atoms. The Labute approximate surface area is 100.0 Å². The van der Waals surface area contributed by atoms with Crippen LogP contribution >= 0.6 is 0 Å². The number of carbonyl (C=O) groups excluding carboxylic acids is 1. The fourth-order valence-corrected chi connectivity index (χ4v) is 1.89. The van der Waals surface area contributed by atoms with E-state index in [1.807, 2.05) is 31.3 Å². The first-order valence-corrected chi connectivity index (χ1v) is 5.75. The monoisotopic (exact) mass is 232 g/mol. The van der Waals surface area contributed by atoms with E-state index in [0.717, 1.165) is 24.1 Å². The van der Waals surface area contributed by atoms with Crippen molar-refractivity contribution in [3.8, 4) is 5.75 Å². The van der Waals surface area contributed by atoms with Crippen LogP contribution in [0.2, 0.25) is 0 Å². The van der Waals surface area contributed by atoms with Gasteiger partial charge in [0.05, 0.1) is 6.61 Å². The van der Waals surface area contributed by atoms with Gasteiger partial charge in [0.15, 0.2) is 0 Å². The van der Waals surface area contributed by atoms with E-state index in [4.69, 9.17) is 4.74 Å². The number of aromatic amines is 1. The van der Waals surface area contributed by atoms with Gasteiger partial charge in [-0.2, -0.15) is 0 Å². The Morgan fingerprint density at radius 1 is 1.47 bits per heavy atom. The number of rotatable bonds is 6. The summed E-state index contributed by atoms with van der Waals surface area (Å²) < 4.78 is 5.44. The average Bonchev–Trinajstić information content (AvgIpc) is 2.73. The van der Waals surface area contributed by atoms with Gasteiger partial charge >= 0.3 is 0 Å². The molecule has 1 heterocycles. The molecule has 4 heteroatoms. The number of ether oxygens (including phenoxy) is 1. The molecule has 1 aromatic carbocycles. The lowest BCUT2D eigenvalue weighted by atomic mass is 10.1. The number of fused-ring (bicyclic) bond motifs is 1. The predicted octanol–water partition coefficient (Wildman–Crippen LogP) is 1.86. The molecule has 0 saturated heterocycles. The van der Waals surface area contributed by atoms with Crippen LogP contribution in [0.5, 0.6) is 5.75 Å². The fourth-order valence-electron chi connectivity index (χ4n) is 1.89. The smallest absolute Gasteiger partial charge is 0.207 e. The zero-order valence-corrected chi connectivity index (χ0v) is 9.82. The second kappa shape index (κ2) is 5.39. The quantitative estimate of drug-likeness (QED) is 0.590. The lowest BCUT2D eigenvalue weighted by molar-refractivity contribution is -0.109. The number of H-pyrrole nitrogens is 1. The van der Waals surface area contributed by atoms with Crippen molar-refractivity contribution in [1.82, 2.24) is 10.3 Å². The predicted molar refractivity (Wildman–Crippen MR) is 67.2 cm³/mol. The first kappa shape index (κ1) is 11.5. The van der Waals surface area contributed by atoms with Crippen molar-refractivity contribution in [3.63, 3.8) is 0 Å². The van der Waals surface area contributed by atoms with Gasteiger partial charge in [0, 0.05) is 29.7 Å². The number of hydrogen-bond acceptors (Lipinski definition) is 2. The van der Waals surface area contributed by atoms with Crippen LogP contribution in [0.3, 0.4) is 0 Å². The molecule has 0 saturated carbocycles. The van der Waals surface area contributed by atoms with Gasteiger partial charge in [-0.3, -0.25) is 4.79 Å². The molecule has 2 rings (SSSR count). The van der Waals surface area contributed by atoms with Crippen molar-refractivity contribution < 1.29 is 9.53 Å². The summed E-state index contributed by atoms with van der Waals surface area (Å²) in [5, 5.41) is 3.85. The van der Waals surface area contributed by atoms with Crippen LogP contribution in [0.4, 0.5) is 0 Å². The highest BCUT2D eigenvalue weighted by Gasteiger charge is 2.04. The SMILES string of the molecule is CCOc1ccc2c(CCNC=O)c[nH]c2c1. The maximum absolute atomic E-state index is 10.2. The van der Waals surface area contributed by atoms with Crippen LogP contribution in [-0.2, 0) is 11.2 Å². The van der Waals surface area contributed by atoms with Crippen molar-refractivity contribution in [2.75, 3.05) is 13.2 Å². The molecule has 0 atom stereocenters. The third-order valence-electron chi connectivity index (χ3n) is 2.67.